The number of hydrogen-bond donors (Lipinski definition) is 0. The van der Waals surface area contributed by atoms with Gasteiger partial charge in [0.15, 0.2) is 0 Å². The Morgan fingerprint density at radius 1 is 0.568 bits per heavy atom. The van der Waals surface area contributed by atoms with E-state index in [1.165, 1.54) is 11.1 Å². The van der Waals surface area contributed by atoms with Crippen LogP contribution < -0.4 is 13.6 Å². The molecule has 0 radical (unpaired) electrons. The zero-order valence-corrected chi connectivity index (χ0v) is 22.9. The molecule has 0 N–H and O–H groups in total. The Bertz CT molecular complexity index is 1250. The Kier molecular flexibility index (Phi) is 8.74. The number of para-hydroxylation sites is 1. The van der Waals surface area contributed by atoms with Gasteiger partial charge in [-0.05, 0) is 71.7 Å². The van der Waals surface area contributed by atoms with Crippen molar-refractivity contribution >= 4 is 7.82 Å². The summed E-state index contributed by atoms with van der Waals surface area (Å²) < 4.78 is 32.2. The van der Waals surface area contributed by atoms with Crippen molar-refractivity contribution in [1.82, 2.24) is 0 Å². The smallest absolute Gasteiger partial charge is 0.386 e. The molecule has 0 aliphatic heterocycles. The van der Waals surface area contributed by atoms with Crippen LogP contribution in [-0.4, -0.2) is 0 Å². The first kappa shape index (κ1) is 26.6. The van der Waals surface area contributed by atoms with E-state index in [4.69, 9.17) is 13.6 Å². The van der Waals surface area contributed by atoms with Crippen LogP contribution in [0.3, 0.4) is 0 Å². The minimum Gasteiger partial charge on any atom is -0.386 e. The van der Waals surface area contributed by atoms with Gasteiger partial charge in [0.2, 0.25) is 0 Å². The fraction of sp³-hybridized carbons (Fsp3) is 0.250. The maximum Gasteiger partial charge on any atom is 0.647 e. The van der Waals surface area contributed by atoms with Crippen molar-refractivity contribution in [2.75, 3.05) is 0 Å². The largest absolute Gasteiger partial charge is 0.647 e. The fourth-order valence-corrected chi connectivity index (χ4v) is 5.42. The first-order valence-corrected chi connectivity index (χ1v) is 14.3. The van der Waals surface area contributed by atoms with Crippen molar-refractivity contribution in [3.05, 3.63) is 114 Å². The second-order valence-electron chi connectivity index (χ2n) is 10.1. The van der Waals surface area contributed by atoms with E-state index in [9.17, 15) is 4.57 Å². The van der Waals surface area contributed by atoms with E-state index in [-0.39, 0.29) is 0 Å². The average Bonchev–Trinajstić information content (AvgIpc) is 2.87. The molecule has 192 valence electrons. The number of hydrogen-bond acceptors (Lipinski definition) is 4. The standard InChI is InChI=1S/C32H35O4P/c1-24(2)22-26-14-18-29(19-15-26)34-37(33,35-30-20-16-27(17-21-30)23-25(3)4)36-32-13-9-8-12-31(32)28-10-6-5-7-11-28/h5-21,24-25H,22-23H2,1-4H3. The van der Waals surface area contributed by atoms with E-state index in [0.29, 0.717) is 29.1 Å². The van der Waals surface area contributed by atoms with Crippen LogP contribution in [-0.2, 0) is 17.4 Å². The zero-order chi connectivity index (χ0) is 26.3. The topological polar surface area (TPSA) is 44.8 Å². The lowest BCUT2D eigenvalue weighted by Crippen LogP contribution is -2.08. The SMILES string of the molecule is CC(C)Cc1ccc(OP(=O)(Oc2ccc(CC(C)C)cc2)Oc2ccccc2-c2ccccc2)cc1. The van der Waals surface area contributed by atoms with Crippen molar-refractivity contribution < 1.29 is 18.1 Å². The summed E-state index contributed by atoms with van der Waals surface area (Å²) in [5, 5.41) is 0. The van der Waals surface area contributed by atoms with Crippen molar-refractivity contribution in [3.63, 3.8) is 0 Å². The van der Waals surface area contributed by atoms with Gasteiger partial charge in [-0.3, -0.25) is 0 Å². The van der Waals surface area contributed by atoms with Crippen LogP contribution in [0.25, 0.3) is 11.1 Å². The van der Waals surface area contributed by atoms with Gasteiger partial charge in [0.1, 0.15) is 17.2 Å². The van der Waals surface area contributed by atoms with Gasteiger partial charge in [-0.1, -0.05) is 100 Å². The Balaban J connectivity index is 1.64. The normalized spacial score (nSPS) is 11.5. The molecule has 4 aromatic rings. The molecule has 0 amide bonds. The lowest BCUT2D eigenvalue weighted by molar-refractivity contribution is 0.299. The lowest BCUT2D eigenvalue weighted by Gasteiger charge is -2.21. The molecule has 4 rings (SSSR count). The molecule has 4 nitrogen and oxygen atoms in total. The van der Waals surface area contributed by atoms with Crippen LogP contribution >= 0.6 is 7.82 Å². The zero-order valence-electron chi connectivity index (χ0n) is 22.0. The molecule has 0 spiro atoms. The van der Waals surface area contributed by atoms with Gasteiger partial charge in [-0.15, -0.1) is 0 Å². The summed E-state index contributed by atoms with van der Waals surface area (Å²) in [6.45, 7) is 8.71. The highest BCUT2D eigenvalue weighted by Crippen LogP contribution is 2.51. The maximum absolute atomic E-state index is 14.2. The first-order chi connectivity index (χ1) is 17.8. The molecule has 0 atom stereocenters. The monoisotopic (exact) mass is 514 g/mol. The molecular weight excluding hydrogens is 479 g/mol. The van der Waals surface area contributed by atoms with Crippen LogP contribution in [0.5, 0.6) is 17.2 Å². The summed E-state index contributed by atoms with van der Waals surface area (Å²) in [7, 11) is -4.12. The highest BCUT2D eigenvalue weighted by atomic mass is 31.2. The van der Waals surface area contributed by atoms with Crippen LogP contribution in [0.1, 0.15) is 38.8 Å². The highest BCUT2D eigenvalue weighted by molar-refractivity contribution is 7.49. The van der Waals surface area contributed by atoms with Gasteiger partial charge in [0.05, 0.1) is 0 Å². The molecule has 0 aliphatic carbocycles. The molecule has 0 saturated heterocycles. The molecule has 0 unspecified atom stereocenters. The molecule has 0 aliphatic rings. The molecule has 0 bridgehead atoms. The molecule has 0 heterocycles. The van der Waals surface area contributed by atoms with E-state index in [2.05, 4.69) is 27.7 Å². The summed E-state index contributed by atoms with van der Waals surface area (Å²) in [5.74, 6) is 2.34. The van der Waals surface area contributed by atoms with E-state index >= 15 is 0 Å². The average molecular weight is 515 g/mol. The third kappa shape index (κ3) is 7.74. The second kappa shape index (κ2) is 12.2. The molecule has 5 heteroatoms. The van der Waals surface area contributed by atoms with Gasteiger partial charge >= 0.3 is 7.82 Å². The highest BCUT2D eigenvalue weighted by Gasteiger charge is 2.34. The van der Waals surface area contributed by atoms with Crippen LogP contribution in [0.2, 0.25) is 0 Å². The van der Waals surface area contributed by atoms with Crippen molar-refractivity contribution in [2.24, 2.45) is 11.8 Å². The van der Waals surface area contributed by atoms with E-state index in [0.717, 1.165) is 24.0 Å². The third-order valence-corrected chi connectivity index (χ3v) is 7.04. The summed E-state index contributed by atoms with van der Waals surface area (Å²) in [6.07, 6.45) is 1.91. The van der Waals surface area contributed by atoms with Gasteiger partial charge in [-0.25, -0.2) is 0 Å². The van der Waals surface area contributed by atoms with Gasteiger partial charge in [0, 0.05) is 5.56 Å². The molecule has 0 saturated carbocycles. The minimum absolute atomic E-state index is 0.421. The van der Waals surface area contributed by atoms with Crippen molar-refractivity contribution in [1.29, 1.82) is 0 Å². The Hall–Kier alpha value is -3.49. The summed E-state index contributed by atoms with van der Waals surface area (Å²) in [6, 6.07) is 32.5. The molecule has 0 aromatic heterocycles. The van der Waals surface area contributed by atoms with Crippen LogP contribution in [0.15, 0.2) is 103 Å². The summed E-state index contributed by atoms with van der Waals surface area (Å²) in [4.78, 5) is 0. The number of rotatable bonds is 11. The predicted molar refractivity (Wildman–Crippen MR) is 151 cm³/mol. The number of phosphoric ester groups is 1. The molecule has 37 heavy (non-hydrogen) atoms. The van der Waals surface area contributed by atoms with E-state index in [1.54, 1.807) is 6.07 Å². The first-order valence-electron chi connectivity index (χ1n) is 12.8. The summed E-state index contributed by atoms with van der Waals surface area (Å²) in [5.41, 5.74) is 4.12. The molecular formula is C32H35O4P. The van der Waals surface area contributed by atoms with Crippen molar-refractivity contribution in [3.8, 4) is 28.4 Å². The quantitative estimate of drug-likeness (QED) is 0.187. The number of phosphoric acid groups is 1. The third-order valence-electron chi connectivity index (χ3n) is 5.75. The predicted octanol–water partition coefficient (Wildman–Crippen LogP) is 9.40. The van der Waals surface area contributed by atoms with Gasteiger partial charge in [0.25, 0.3) is 0 Å². The molecule has 0 fully saturated rings. The second-order valence-corrected chi connectivity index (χ2v) is 11.5. The Morgan fingerprint density at radius 2 is 1.03 bits per heavy atom. The lowest BCUT2D eigenvalue weighted by atomic mass is 10.0. The Morgan fingerprint density at radius 3 is 1.51 bits per heavy atom. The minimum atomic E-state index is -4.12. The van der Waals surface area contributed by atoms with Gasteiger partial charge < -0.3 is 13.6 Å². The van der Waals surface area contributed by atoms with E-state index < -0.39 is 7.82 Å². The van der Waals surface area contributed by atoms with Crippen LogP contribution in [0, 0.1) is 11.8 Å². The van der Waals surface area contributed by atoms with Crippen LogP contribution in [0.4, 0.5) is 0 Å². The fourth-order valence-electron chi connectivity index (χ4n) is 4.15. The maximum atomic E-state index is 14.2. The number of benzene rings is 4. The van der Waals surface area contributed by atoms with E-state index in [1.807, 2.05) is 97.1 Å². The van der Waals surface area contributed by atoms with Gasteiger partial charge in [-0.2, -0.15) is 4.57 Å². The Labute approximate surface area is 220 Å². The molecule has 4 aromatic carbocycles. The van der Waals surface area contributed by atoms with Crippen molar-refractivity contribution in [2.45, 2.75) is 40.5 Å². The summed E-state index contributed by atoms with van der Waals surface area (Å²) >= 11 is 0.